The Hall–Kier alpha value is -2.81. The number of nitrogens with zero attached hydrogens (tertiary/aromatic N) is 4. The summed E-state index contributed by atoms with van der Waals surface area (Å²) >= 11 is 1.37. The zero-order chi connectivity index (χ0) is 23.3. The second-order valence-corrected chi connectivity index (χ2v) is 11.2. The number of hydrogen-bond acceptors (Lipinski definition) is 7. The minimum Gasteiger partial charge on any atom is -0.495 e. The molecule has 8 nitrogen and oxygen atoms in total. The van der Waals surface area contributed by atoms with E-state index in [1.54, 1.807) is 7.11 Å². The number of aryl methyl sites for hydroxylation is 1. The second kappa shape index (κ2) is 8.45. The first-order chi connectivity index (χ1) is 16.5. The van der Waals surface area contributed by atoms with Crippen molar-refractivity contribution in [1.29, 1.82) is 0 Å². The van der Waals surface area contributed by atoms with E-state index in [0.717, 1.165) is 48.5 Å². The minimum atomic E-state index is -0.195. The highest BCUT2D eigenvalue weighted by Gasteiger charge is 2.54. The highest BCUT2D eigenvalue weighted by atomic mass is 32.2. The lowest BCUT2D eigenvalue weighted by Crippen LogP contribution is -2.53. The second-order valence-electron chi connectivity index (χ2n) is 10.2. The lowest BCUT2D eigenvalue weighted by Gasteiger charge is -2.55. The van der Waals surface area contributed by atoms with Crippen LogP contribution in [0.5, 0.6) is 5.75 Å². The van der Waals surface area contributed by atoms with Crippen LogP contribution in [0.15, 0.2) is 45.0 Å². The van der Waals surface area contributed by atoms with Gasteiger partial charge in [0, 0.05) is 11.5 Å². The Morgan fingerprint density at radius 3 is 2.53 bits per heavy atom. The first-order valence-electron chi connectivity index (χ1n) is 12.0. The van der Waals surface area contributed by atoms with Gasteiger partial charge in [-0.2, -0.15) is 0 Å². The van der Waals surface area contributed by atoms with Crippen LogP contribution < -0.4 is 10.1 Å². The van der Waals surface area contributed by atoms with Crippen molar-refractivity contribution in [3.63, 3.8) is 0 Å². The fraction of sp³-hybridized carbons (Fsp3) is 0.520. The molecular weight excluding hydrogens is 450 g/mol. The number of carbonyl (C=O) groups is 1. The molecule has 1 aromatic carbocycles. The summed E-state index contributed by atoms with van der Waals surface area (Å²) in [7, 11) is 1.64. The summed E-state index contributed by atoms with van der Waals surface area (Å²) < 4.78 is 12.8. The largest absolute Gasteiger partial charge is 0.495 e. The summed E-state index contributed by atoms with van der Waals surface area (Å²) in [5.74, 6) is 4.45. The minimum absolute atomic E-state index is 0.183. The van der Waals surface area contributed by atoms with Gasteiger partial charge in [0.05, 0.1) is 19.3 Å². The predicted octanol–water partition coefficient (Wildman–Crippen LogP) is 4.56. The molecule has 1 amide bonds. The average Bonchev–Trinajstić information content (AvgIpc) is 3.42. The lowest BCUT2D eigenvalue weighted by atomic mass is 9.49. The number of para-hydroxylation sites is 2. The molecule has 0 aliphatic heterocycles. The number of ether oxygens (including phenoxy) is 1. The highest BCUT2D eigenvalue weighted by Crippen LogP contribution is 2.60. The van der Waals surface area contributed by atoms with Crippen LogP contribution in [0.3, 0.4) is 0 Å². The van der Waals surface area contributed by atoms with Crippen molar-refractivity contribution in [2.75, 3.05) is 7.11 Å². The molecule has 34 heavy (non-hydrogen) atoms. The number of methoxy groups -OCH3 is 1. The average molecular weight is 480 g/mol. The van der Waals surface area contributed by atoms with E-state index in [2.05, 4.69) is 20.7 Å². The van der Waals surface area contributed by atoms with E-state index >= 15 is 0 Å². The van der Waals surface area contributed by atoms with Gasteiger partial charge in [0.2, 0.25) is 11.1 Å². The first-order valence-corrected chi connectivity index (χ1v) is 12.8. The van der Waals surface area contributed by atoms with Gasteiger partial charge < -0.3 is 14.6 Å². The van der Waals surface area contributed by atoms with Gasteiger partial charge in [-0.15, -0.1) is 10.2 Å². The Balaban J connectivity index is 1.28. The van der Waals surface area contributed by atoms with E-state index in [1.807, 2.05) is 41.8 Å². The summed E-state index contributed by atoms with van der Waals surface area (Å²) in [6.07, 6.45) is 7.06. The molecule has 4 aliphatic rings. The van der Waals surface area contributed by atoms with Crippen LogP contribution >= 0.6 is 11.8 Å². The van der Waals surface area contributed by atoms with Crippen molar-refractivity contribution >= 4 is 17.7 Å². The number of hydrogen-bond donors (Lipinski definition) is 1. The maximum atomic E-state index is 13.5. The molecule has 178 valence electrons. The van der Waals surface area contributed by atoms with Gasteiger partial charge in [-0.3, -0.25) is 9.36 Å². The molecule has 0 atom stereocenters. The third-order valence-electron chi connectivity index (χ3n) is 7.76. The molecule has 1 N–H and O–H groups in total. The molecule has 9 heteroatoms. The van der Waals surface area contributed by atoms with E-state index in [-0.39, 0.29) is 11.3 Å². The molecular formula is C25H29N5O3S. The van der Waals surface area contributed by atoms with Crippen LogP contribution in [0, 0.1) is 30.1 Å². The normalized spacial score (nSPS) is 27.2. The quantitative estimate of drug-likeness (QED) is 0.531. The summed E-state index contributed by atoms with van der Waals surface area (Å²) in [5, 5.41) is 17.5. The van der Waals surface area contributed by atoms with E-state index in [9.17, 15) is 4.79 Å². The Morgan fingerprint density at radius 1 is 1.18 bits per heavy atom. The standard InChI is InChI=1S/C25H29N5O3S/c1-15-7-22(29-33-15)34-24-28-27-21(30(24)19-5-3-4-6-20(19)32-2)14-26-23(31)25-11-16-8-17(12-25)10-18(9-16)13-25/h3-7,16-18H,8-14H2,1-2H3,(H,26,31). The fourth-order valence-electron chi connectivity index (χ4n) is 6.76. The zero-order valence-electron chi connectivity index (χ0n) is 19.5. The van der Waals surface area contributed by atoms with Crippen molar-refractivity contribution in [3.05, 3.63) is 41.9 Å². The fourth-order valence-corrected chi connectivity index (χ4v) is 7.62. The van der Waals surface area contributed by atoms with E-state index in [1.165, 1.54) is 31.0 Å². The third kappa shape index (κ3) is 3.79. The monoisotopic (exact) mass is 479 g/mol. The Bertz CT molecular complexity index is 1180. The van der Waals surface area contributed by atoms with Gasteiger partial charge >= 0.3 is 0 Å². The summed E-state index contributed by atoms with van der Waals surface area (Å²) in [4.78, 5) is 13.5. The smallest absolute Gasteiger partial charge is 0.226 e. The van der Waals surface area contributed by atoms with Crippen LogP contribution in [0.1, 0.15) is 50.1 Å². The number of amides is 1. The Kier molecular flexibility index (Phi) is 5.39. The molecule has 4 fully saturated rings. The molecule has 2 aromatic heterocycles. The Morgan fingerprint density at radius 2 is 1.88 bits per heavy atom. The zero-order valence-corrected chi connectivity index (χ0v) is 20.3. The number of aromatic nitrogens is 4. The Labute approximate surface area is 202 Å². The van der Waals surface area contributed by atoms with Gasteiger partial charge in [0.15, 0.2) is 5.82 Å². The van der Waals surface area contributed by atoms with Gasteiger partial charge in [0.1, 0.15) is 16.5 Å². The molecule has 7 rings (SSSR count). The SMILES string of the molecule is COc1ccccc1-n1c(CNC(=O)C23CC4CC(CC(C4)C2)C3)nnc1Sc1cc(C)on1. The summed E-state index contributed by atoms with van der Waals surface area (Å²) in [5.41, 5.74) is 0.622. The number of nitrogens with one attached hydrogen (secondary N) is 1. The van der Waals surface area contributed by atoms with Gasteiger partial charge in [-0.25, -0.2) is 0 Å². The summed E-state index contributed by atoms with van der Waals surface area (Å²) in [6, 6.07) is 9.60. The third-order valence-corrected chi connectivity index (χ3v) is 8.60. The molecule has 4 saturated carbocycles. The maximum absolute atomic E-state index is 13.5. The molecule has 4 aliphatic carbocycles. The topological polar surface area (TPSA) is 95.1 Å². The highest BCUT2D eigenvalue weighted by molar-refractivity contribution is 7.99. The van der Waals surface area contributed by atoms with Gasteiger partial charge in [-0.1, -0.05) is 17.3 Å². The van der Waals surface area contributed by atoms with Crippen molar-refractivity contribution < 1.29 is 14.1 Å². The molecule has 2 heterocycles. The number of carbonyl (C=O) groups excluding carboxylic acids is 1. The van der Waals surface area contributed by atoms with E-state index in [4.69, 9.17) is 9.26 Å². The van der Waals surface area contributed by atoms with Crippen molar-refractivity contribution in [1.82, 2.24) is 25.2 Å². The van der Waals surface area contributed by atoms with Crippen molar-refractivity contribution in [3.8, 4) is 11.4 Å². The van der Waals surface area contributed by atoms with E-state index < -0.39 is 0 Å². The lowest BCUT2D eigenvalue weighted by molar-refractivity contribution is -0.146. The molecule has 3 aromatic rings. The van der Waals surface area contributed by atoms with Crippen LogP contribution in [-0.2, 0) is 11.3 Å². The number of benzene rings is 1. The predicted molar refractivity (Wildman–Crippen MR) is 126 cm³/mol. The molecule has 0 spiro atoms. The van der Waals surface area contributed by atoms with Crippen LogP contribution in [-0.4, -0.2) is 32.9 Å². The molecule has 4 bridgehead atoms. The van der Waals surface area contributed by atoms with Crippen molar-refractivity contribution in [2.45, 2.75) is 62.2 Å². The van der Waals surface area contributed by atoms with Gasteiger partial charge in [0.25, 0.3) is 0 Å². The van der Waals surface area contributed by atoms with Crippen LogP contribution in [0.25, 0.3) is 5.69 Å². The molecule has 0 unspecified atom stereocenters. The maximum Gasteiger partial charge on any atom is 0.226 e. The van der Waals surface area contributed by atoms with Crippen LogP contribution in [0.4, 0.5) is 0 Å². The van der Waals surface area contributed by atoms with Crippen LogP contribution in [0.2, 0.25) is 0 Å². The molecule has 0 radical (unpaired) electrons. The summed E-state index contributed by atoms with van der Waals surface area (Å²) in [6.45, 7) is 2.16. The first kappa shape index (κ1) is 21.7. The van der Waals surface area contributed by atoms with E-state index in [0.29, 0.717) is 28.3 Å². The van der Waals surface area contributed by atoms with Crippen molar-refractivity contribution in [2.24, 2.45) is 23.2 Å². The molecule has 0 saturated heterocycles. The number of rotatable bonds is 7. The van der Waals surface area contributed by atoms with Gasteiger partial charge in [-0.05, 0) is 87.1 Å².